The second-order valence-electron chi connectivity index (χ2n) is 6.94. The molecule has 2 fully saturated rings. The van der Waals surface area contributed by atoms with Crippen molar-refractivity contribution in [3.05, 3.63) is 30.3 Å². The summed E-state index contributed by atoms with van der Waals surface area (Å²) in [5, 5.41) is 69.7. The summed E-state index contributed by atoms with van der Waals surface area (Å²) in [7, 11) is 0. The third-order valence-corrected chi connectivity index (χ3v) is 4.96. The Kier molecular flexibility index (Phi) is 7.40. The smallest absolute Gasteiger partial charge is 0.229 e. The third kappa shape index (κ3) is 4.70. The van der Waals surface area contributed by atoms with Crippen LogP contribution in [-0.2, 0) is 14.2 Å². The molecule has 11 heteroatoms. The third-order valence-electron chi connectivity index (χ3n) is 4.96. The minimum absolute atomic E-state index is 0.358. The maximum atomic E-state index is 10.6. The fourth-order valence-corrected chi connectivity index (χ4v) is 3.28. The van der Waals surface area contributed by atoms with Crippen LogP contribution in [-0.4, -0.2) is 110 Å². The summed E-state index contributed by atoms with van der Waals surface area (Å²) in [5.74, 6) is 0.358. The van der Waals surface area contributed by atoms with E-state index in [4.69, 9.17) is 18.9 Å². The molecule has 2 heterocycles. The molecule has 3 rings (SSSR count). The lowest BCUT2D eigenvalue weighted by atomic mass is 9.97. The van der Waals surface area contributed by atoms with Crippen molar-refractivity contribution in [2.75, 3.05) is 13.2 Å². The largest absolute Gasteiger partial charge is 0.462 e. The minimum atomic E-state index is -1.73. The van der Waals surface area contributed by atoms with Gasteiger partial charge in [0.1, 0.15) is 54.6 Å². The normalized spacial score (nSPS) is 43.1. The van der Waals surface area contributed by atoms with E-state index in [0.29, 0.717) is 5.75 Å². The second kappa shape index (κ2) is 9.62. The Morgan fingerprint density at radius 3 is 1.90 bits per heavy atom. The Balaban J connectivity index is 1.76. The number of rotatable bonds is 6. The van der Waals surface area contributed by atoms with Gasteiger partial charge in [-0.2, -0.15) is 0 Å². The summed E-state index contributed by atoms with van der Waals surface area (Å²) in [6.45, 7) is -1.28. The highest BCUT2D eigenvalue weighted by Gasteiger charge is 2.51. The average molecular weight is 418 g/mol. The zero-order valence-electron chi connectivity index (χ0n) is 15.3. The number of aliphatic hydroxyl groups is 7. The molecule has 0 amide bonds. The van der Waals surface area contributed by atoms with Crippen molar-refractivity contribution in [1.82, 2.24) is 0 Å². The van der Waals surface area contributed by atoms with Crippen LogP contribution in [0.15, 0.2) is 30.3 Å². The number of hydrogen-bond acceptors (Lipinski definition) is 11. The zero-order valence-corrected chi connectivity index (χ0v) is 15.3. The number of para-hydroxylation sites is 1. The van der Waals surface area contributed by atoms with E-state index in [0.717, 1.165) is 0 Å². The van der Waals surface area contributed by atoms with Gasteiger partial charge in [0.05, 0.1) is 13.2 Å². The van der Waals surface area contributed by atoms with E-state index < -0.39 is 74.6 Å². The predicted octanol–water partition coefficient (Wildman–Crippen LogP) is -3.31. The van der Waals surface area contributed by atoms with E-state index in [1.54, 1.807) is 30.3 Å². The van der Waals surface area contributed by atoms with Crippen LogP contribution < -0.4 is 4.74 Å². The van der Waals surface area contributed by atoms with E-state index in [2.05, 4.69) is 0 Å². The Morgan fingerprint density at radius 1 is 0.690 bits per heavy atom. The van der Waals surface area contributed by atoms with Crippen molar-refractivity contribution >= 4 is 0 Å². The van der Waals surface area contributed by atoms with Crippen LogP contribution in [0.25, 0.3) is 0 Å². The topological polar surface area (TPSA) is 179 Å². The first-order chi connectivity index (χ1) is 13.9. The molecule has 0 aromatic heterocycles. The molecule has 7 N–H and O–H groups in total. The zero-order chi connectivity index (χ0) is 21.1. The minimum Gasteiger partial charge on any atom is -0.462 e. The molecule has 10 atom stereocenters. The van der Waals surface area contributed by atoms with Crippen molar-refractivity contribution in [3.63, 3.8) is 0 Å². The molecule has 2 saturated heterocycles. The molecule has 11 nitrogen and oxygen atoms in total. The fraction of sp³-hybridized carbons (Fsp3) is 0.667. The lowest BCUT2D eigenvalue weighted by Gasteiger charge is -2.45. The summed E-state index contributed by atoms with van der Waals surface area (Å²) in [6, 6.07) is 8.39. The van der Waals surface area contributed by atoms with Crippen molar-refractivity contribution in [2.45, 2.75) is 61.4 Å². The highest BCUT2D eigenvalue weighted by atomic mass is 16.7. The van der Waals surface area contributed by atoms with Gasteiger partial charge in [0.25, 0.3) is 0 Å². The van der Waals surface area contributed by atoms with E-state index in [9.17, 15) is 35.7 Å². The van der Waals surface area contributed by atoms with Gasteiger partial charge >= 0.3 is 0 Å². The summed E-state index contributed by atoms with van der Waals surface area (Å²) < 4.78 is 21.7. The van der Waals surface area contributed by atoms with Crippen LogP contribution in [0.2, 0.25) is 0 Å². The monoisotopic (exact) mass is 418 g/mol. The first-order valence-corrected chi connectivity index (χ1v) is 9.17. The quantitative estimate of drug-likeness (QED) is 0.246. The number of benzene rings is 1. The van der Waals surface area contributed by atoms with Gasteiger partial charge in [-0.1, -0.05) is 18.2 Å². The summed E-state index contributed by atoms with van der Waals surface area (Å²) in [6.07, 6.45) is -14.9. The SMILES string of the molecule is OC[C@H]1O[C@@H](O[C@@H]2[C@@H](O)[C@H](Oc3ccccc3)O[C@H](CO)[C@H]2O)[C@H](O)[C@@H](O)[C@H]1O. The molecule has 29 heavy (non-hydrogen) atoms. The number of hydrogen-bond donors (Lipinski definition) is 7. The number of aliphatic hydroxyl groups excluding tert-OH is 7. The first-order valence-electron chi connectivity index (χ1n) is 9.17. The van der Waals surface area contributed by atoms with E-state index in [-0.39, 0.29) is 0 Å². The van der Waals surface area contributed by atoms with Gasteiger partial charge < -0.3 is 54.7 Å². The van der Waals surface area contributed by atoms with Gasteiger partial charge in [-0.25, -0.2) is 0 Å². The highest BCUT2D eigenvalue weighted by Crippen LogP contribution is 2.30. The van der Waals surface area contributed by atoms with Crippen molar-refractivity contribution in [3.8, 4) is 5.75 Å². The van der Waals surface area contributed by atoms with Gasteiger partial charge in [0.15, 0.2) is 6.29 Å². The summed E-state index contributed by atoms with van der Waals surface area (Å²) in [4.78, 5) is 0. The van der Waals surface area contributed by atoms with Gasteiger partial charge in [0.2, 0.25) is 6.29 Å². The van der Waals surface area contributed by atoms with Crippen LogP contribution in [0.3, 0.4) is 0 Å². The summed E-state index contributed by atoms with van der Waals surface area (Å²) in [5.41, 5.74) is 0. The van der Waals surface area contributed by atoms with Gasteiger partial charge in [-0.3, -0.25) is 0 Å². The highest BCUT2D eigenvalue weighted by molar-refractivity contribution is 5.21. The number of ether oxygens (including phenoxy) is 4. The molecule has 1 aromatic rings. The molecular weight excluding hydrogens is 392 g/mol. The van der Waals surface area contributed by atoms with Gasteiger partial charge in [-0.15, -0.1) is 0 Å². The average Bonchev–Trinajstić information content (AvgIpc) is 2.73. The Bertz CT molecular complexity index is 629. The van der Waals surface area contributed by atoms with Crippen LogP contribution in [0.5, 0.6) is 5.75 Å². The van der Waals surface area contributed by atoms with Crippen LogP contribution in [0.1, 0.15) is 0 Å². The molecule has 2 aliphatic rings. The molecule has 0 saturated carbocycles. The lowest BCUT2D eigenvalue weighted by molar-refractivity contribution is -0.352. The van der Waals surface area contributed by atoms with Gasteiger partial charge in [0, 0.05) is 0 Å². The van der Waals surface area contributed by atoms with E-state index in [1.807, 2.05) is 0 Å². The predicted molar refractivity (Wildman–Crippen MR) is 93.5 cm³/mol. The molecule has 0 radical (unpaired) electrons. The van der Waals surface area contributed by atoms with Crippen molar-refractivity contribution in [2.24, 2.45) is 0 Å². The second-order valence-corrected chi connectivity index (χ2v) is 6.94. The maximum Gasteiger partial charge on any atom is 0.229 e. The van der Waals surface area contributed by atoms with E-state index in [1.165, 1.54) is 0 Å². The summed E-state index contributed by atoms with van der Waals surface area (Å²) >= 11 is 0. The molecular formula is C18H26O11. The Hall–Kier alpha value is -1.38. The molecule has 0 spiro atoms. The van der Waals surface area contributed by atoms with Gasteiger partial charge in [-0.05, 0) is 12.1 Å². The van der Waals surface area contributed by atoms with Crippen LogP contribution in [0.4, 0.5) is 0 Å². The Morgan fingerprint density at radius 2 is 1.28 bits per heavy atom. The lowest BCUT2D eigenvalue weighted by Crippen LogP contribution is -2.65. The molecule has 2 aliphatic heterocycles. The van der Waals surface area contributed by atoms with E-state index >= 15 is 0 Å². The molecule has 0 aliphatic carbocycles. The maximum absolute atomic E-state index is 10.6. The van der Waals surface area contributed by atoms with Crippen LogP contribution >= 0.6 is 0 Å². The van der Waals surface area contributed by atoms with Crippen LogP contribution in [0, 0.1) is 0 Å². The van der Waals surface area contributed by atoms with Crippen molar-refractivity contribution in [1.29, 1.82) is 0 Å². The molecule has 0 unspecified atom stereocenters. The van der Waals surface area contributed by atoms with Crippen molar-refractivity contribution < 1.29 is 54.7 Å². The first kappa shape index (κ1) is 22.3. The molecule has 0 bridgehead atoms. The standard InChI is InChI=1S/C18H26O11/c19-6-9-11(21)13(23)14(24)17(27-9)29-16-12(22)10(7-20)28-18(15(16)25)26-8-4-2-1-3-5-8/h1-5,9-25H,6-7H2/t9-,10-,11+,12-,13+,14-,15-,16+,17+,18-/m1/s1. The molecule has 1 aromatic carbocycles. The fourth-order valence-electron chi connectivity index (χ4n) is 3.28. The Labute approximate surface area is 166 Å². The molecule has 164 valence electrons.